The number of nitro groups is 1. The minimum absolute atomic E-state index is 0.0000888. The lowest BCUT2D eigenvalue weighted by Crippen LogP contribution is -2.28. The van der Waals surface area contributed by atoms with Crippen LogP contribution in [0.3, 0.4) is 0 Å². The smallest absolute Gasteiger partial charge is 0.450 e. The Morgan fingerprint density at radius 3 is 2.43 bits per heavy atom. The number of nitrogens with one attached hydrogen (secondary N) is 2. The van der Waals surface area contributed by atoms with Crippen molar-refractivity contribution in [3.05, 3.63) is 55.9 Å². The van der Waals surface area contributed by atoms with Gasteiger partial charge in [0.1, 0.15) is 5.00 Å². The van der Waals surface area contributed by atoms with Gasteiger partial charge in [-0.1, -0.05) is 31.4 Å². The number of benzene rings is 1. The van der Waals surface area contributed by atoms with Crippen LogP contribution in [0.25, 0.3) is 0 Å². The number of rotatable bonds is 6. The molecule has 0 unspecified atom stereocenters. The molecule has 2 aliphatic rings. The van der Waals surface area contributed by atoms with Crippen molar-refractivity contribution < 1.29 is 29.5 Å². The number of nitrogens with zero attached hydrogens (tertiary/aromatic N) is 1. The number of carbonyl (C=O) groups is 3. The first-order valence-corrected chi connectivity index (χ1v) is 12.5. The number of aryl methyl sites for hydroxylation is 1. The summed E-state index contributed by atoms with van der Waals surface area (Å²) < 4.78 is 0. The summed E-state index contributed by atoms with van der Waals surface area (Å²) in [5.74, 6) is -0.190. The molecule has 1 aromatic heterocycles. The minimum Gasteiger partial charge on any atom is -0.450 e. The fraction of sp³-hybridized carbons (Fsp3) is 0.458. The van der Waals surface area contributed by atoms with E-state index in [9.17, 15) is 19.7 Å². The van der Waals surface area contributed by atoms with Crippen LogP contribution in [0.1, 0.15) is 71.3 Å². The predicted octanol–water partition coefficient (Wildman–Crippen LogP) is 5.21. The molecule has 1 aromatic carbocycles. The monoisotopic (exact) mass is 503 g/mol. The van der Waals surface area contributed by atoms with Crippen molar-refractivity contribution in [1.82, 2.24) is 5.32 Å². The Morgan fingerprint density at radius 1 is 1.06 bits per heavy atom. The van der Waals surface area contributed by atoms with Crippen molar-refractivity contribution in [3.63, 3.8) is 0 Å². The van der Waals surface area contributed by atoms with Gasteiger partial charge >= 0.3 is 6.16 Å². The Hall–Kier alpha value is -3.47. The number of fused-ring (bicyclic) bond motifs is 1. The molecule has 0 radical (unpaired) electrons. The molecule has 35 heavy (non-hydrogen) atoms. The Bertz CT molecular complexity index is 1090. The van der Waals surface area contributed by atoms with Gasteiger partial charge in [-0.2, -0.15) is 0 Å². The van der Waals surface area contributed by atoms with Gasteiger partial charge in [-0.15, -0.1) is 11.3 Å². The maximum Gasteiger partial charge on any atom is 0.503 e. The molecule has 0 saturated heterocycles. The van der Waals surface area contributed by atoms with Crippen molar-refractivity contribution in [1.29, 1.82) is 0 Å². The van der Waals surface area contributed by atoms with E-state index in [2.05, 4.69) is 10.6 Å². The van der Waals surface area contributed by atoms with Crippen molar-refractivity contribution in [2.45, 2.75) is 64.3 Å². The molecule has 1 heterocycles. The van der Waals surface area contributed by atoms with Crippen molar-refractivity contribution in [2.75, 3.05) is 5.32 Å². The van der Waals surface area contributed by atoms with Gasteiger partial charge in [0.05, 0.1) is 10.5 Å². The van der Waals surface area contributed by atoms with Crippen LogP contribution in [-0.2, 0) is 24.2 Å². The van der Waals surface area contributed by atoms with Gasteiger partial charge in [-0.3, -0.25) is 19.7 Å². The molecule has 2 aliphatic carbocycles. The maximum absolute atomic E-state index is 13.2. The average Bonchev–Trinajstić information content (AvgIpc) is 3.20. The summed E-state index contributed by atoms with van der Waals surface area (Å²) in [6.45, 7) is 0.196. The quantitative estimate of drug-likeness (QED) is 0.311. The van der Waals surface area contributed by atoms with Crippen LogP contribution in [-0.4, -0.2) is 33.1 Å². The molecule has 0 bridgehead atoms. The summed E-state index contributed by atoms with van der Waals surface area (Å²) in [5, 5.41) is 31.6. The van der Waals surface area contributed by atoms with E-state index in [1.54, 1.807) is 12.1 Å². The lowest BCUT2D eigenvalue weighted by molar-refractivity contribution is -0.384. The number of carboxylic acid groups (broad SMARTS) is 2. The third kappa shape index (κ3) is 7.25. The predicted molar refractivity (Wildman–Crippen MR) is 131 cm³/mol. The second kappa shape index (κ2) is 12.3. The lowest BCUT2D eigenvalue weighted by atomic mass is 9.88. The Balaban J connectivity index is 0.000000795. The van der Waals surface area contributed by atoms with Crippen LogP contribution in [0, 0.1) is 16.0 Å². The molecule has 188 valence electrons. The Morgan fingerprint density at radius 2 is 1.74 bits per heavy atom. The number of non-ortho nitro benzene ring substituents is 1. The standard InChI is InChI=1S/C23H27N3O4S.CH2O3/c27-21(16-8-2-1-3-9-16)25-23-20(18-11-4-5-12-19(18)31-23)22(28)24-14-15-7-6-10-17(13-15)26(29)30;2-1(3)4/h6-7,10,13,16H,1-5,8-9,11-12,14H2,(H,24,28)(H,25,27);(H2,2,3,4). The van der Waals surface area contributed by atoms with E-state index in [-0.39, 0.29) is 30.0 Å². The molecular weight excluding hydrogens is 474 g/mol. The number of hydrogen-bond acceptors (Lipinski definition) is 6. The molecule has 0 aliphatic heterocycles. The van der Waals surface area contributed by atoms with Gasteiger partial charge < -0.3 is 20.8 Å². The number of carbonyl (C=O) groups excluding carboxylic acids is 2. The van der Waals surface area contributed by atoms with Crippen LogP contribution < -0.4 is 10.6 Å². The largest absolute Gasteiger partial charge is 0.503 e. The molecule has 2 amide bonds. The molecular formula is C24H29N3O7S. The van der Waals surface area contributed by atoms with Crippen molar-refractivity contribution >= 4 is 40.0 Å². The van der Waals surface area contributed by atoms with E-state index in [0.717, 1.165) is 56.9 Å². The van der Waals surface area contributed by atoms with E-state index < -0.39 is 11.1 Å². The van der Waals surface area contributed by atoms with Gasteiger partial charge in [0.15, 0.2) is 0 Å². The zero-order chi connectivity index (χ0) is 25.4. The molecule has 2 aromatic rings. The highest BCUT2D eigenvalue weighted by Gasteiger charge is 2.28. The first-order valence-electron chi connectivity index (χ1n) is 11.6. The highest BCUT2D eigenvalue weighted by Crippen LogP contribution is 2.39. The highest BCUT2D eigenvalue weighted by atomic mass is 32.1. The van der Waals surface area contributed by atoms with Crippen LogP contribution in [0.5, 0.6) is 0 Å². The van der Waals surface area contributed by atoms with Gasteiger partial charge in [0.2, 0.25) is 5.91 Å². The molecule has 4 N–H and O–H groups in total. The summed E-state index contributed by atoms with van der Waals surface area (Å²) >= 11 is 1.53. The third-order valence-corrected chi connectivity index (χ3v) is 7.39. The molecule has 0 atom stereocenters. The van der Waals surface area contributed by atoms with Gasteiger partial charge in [0.25, 0.3) is 11.6 Å². The van der Waals surface area contributed by atoms with E-state index in [0.29, 0.717) is 16.1 Å². The summed E-state index contributed by atoms with van der Waals surface area (Å²) in [6, 6.07) is 6.26. The number of anilines is 1. The van der Waals surface area contributed by atoms with Crippen molar-refractivity contribution in [3.8, 4) is 0 Å². The van der Waals surface area contributed by atoms with Gasteiger partial charge in [-0.25, -0.2) is 4.79 Å². The number of nitro benzene ring substituents is 1. The normalized spacial score (nSPS) is 15.2. The lowest BCUT2D eigenvalue weighted by Gasteiger charge is -2.20. The average molecular weight is 504 g/mol. The Labute approximate surface area is 206 Å². The maximum atomic E-state index is 13.2. The van der Waals surface area contributed by atoms with E-state index in [1.165, 1.54) is 34.8 Å². The van der Waals surface area contributed by atoms with Crippen LogP contribution >= 0.6 is 11.3 Å². The third-order valence-electron chi connectivity index (χ3n) is 6.19. The van der Waals surface area contributed by atoms with Gasteiger partial charge in [0, 0.05) is 29.5 Å². The first-order chi connectivity index (χ1) is 16.8. The SMILES string of the molecule is O=C(NCc1cccc([N+](=O)[O-])c1)c1c(NC(=O)C2CCCCC2)sc2c1CCCC2.O=C(O)O. The number of thiophene rings is 1. The summed E-state index contributed by atoms with van der Waals surface area (Å²) in [7, 11) is 0. The first kappa shape index (κ1) is 26.1. The second-order valence-electron chi connectivity index (χ2n) is 8.63. The zero-order valence-corrected chi connectivity index (χ0v) is 20.1. The van der Waals surface area contributed by atoms with Crippen LogP contribution in [0.15, 0.2) is 24.3 Å². The summed E-state index contributed by atoms with van der Waals surface area (Å²) in [5.41, 5.74) is 2.29. The topological polar surface area (TPSA) is 159 Å². The fourth-order valence-electron chi connectivity index (χ4n) is 4.52. The summed E-state index contributed by atoms with van der Waals surface area (Å²) in [4.78, 5) is 46.3. The van der Waals surface area contributed by atoms with Crippen LogP contribution in [0.4, 0.5) is 15.5 Å². The van der Waals surface area contributed by atoms with Crippen LogP contribution in [0.2, 0.25) is 0 Å². The fourth-order valence-corrected chi connectivity index (χ4v) is 5.81. The molecule has 1 saturated carbocycles. The van der Waals surface area contributed by atoms with E-state index >= 15 is 0 Å². The summed E-state index contributed by atoms with van der Waals surface area (Å²) in [6.07, 6.45) is 7.22. The number of hydrogen-bond donors (Lipinski definition) is 4. The Kier molecular flexibility index (Phi) is 9.18. The molecule has 1 fully saturated rings. The zero-order valence-electron chi connectivity index (χ0n) is 19.2. The minimum atomic E-state index is -1.83. The molecule has 4 rings (SSSR count). The van der Waals surface area contributed by atoms with E-state index in [1.807, 2.05) is 0 Å². The van der Waals surface area contributed by atoms with E-state index in [4.69, 9.17) is 15.0 Å². The van der Waals surface area contributed by atoms with Crippen molar-refractivity contribution in [2.24, 2.45) is 5.92 Å². The highest BCUT2D eigenvalue weighted by molar-refractivity contribution is 7.17. The number of amides is 2. The molecule has 11 heteroatoms. The molecule has 10 nitrogen and oxygen atoms in total. The molecule has 0 spiro atoms. The second-order valence-corrected chi connectivity index (χ2v) is 9.74. The van der Waals surface area contributed by atoms with Gasteiger partial charge in [-0.05, 0) is 49.7 Å².